The van der Waals surface area contributed by atoms with Crippen LogP contribution in [0, 0.1) is 5.92 Å². The summed E-state index contributed by atoms with van der Waals surface area (Å²) in [5.41, 5.74) is 0. The molecule has 0 aromatic heterocycles. The van der Waals surface area contributed by atoms with Crippen LogP contribution in [0.2, 0.25) is 0 Å². The third-order valence-corrected chi connectivity index (χ3v) is 6.14. The largest absolute Gasteiger partial charge is 0.317 e. The zero-order chi connectivity index (χ0) is 13.4. The predicted octanol–water partition coefficient (Wildman–Crippen LogP) is 1.93. The zero-order valence-corrected chi connectivity index (χ0v) is 12.9. The summed E-state index contributed by atoms with van der Waals surface area (Å²) in [7, 11) is 4.48. The van der Waals surface area contributed by atoms with E-state index < -0.39 is 0 Å². The lowest BCUT2D eigenvalue weighted by atomic mass is 9.80. The molecule has 0 aromatic carbocycles. The second kappa shape index (κ2) is 5.71. The molecule has 0 spiro atoms. The molecule has 110 valence electrons. The molecule has 0 amide bonds. The lowest BCUT2D eigenvalue weighted by Crippen LogP contribution is -2.58. The molecule has 3 aliphatic heterocycles. The van der Waals surface area contributed by atoms with Gasteiger partial charge in [-0.1, -0.05) is 13.3 Å². The Kier molecular flexibility index (Phi) is 4.16. The normalized spacial score (nSPS) is 45.3. The van der Waals surface area contributed by atoms with E-state index in [2.05, 4.69) is 36.1 Å². The van der Waals surface area contributed by atoms with Crippen LogP contribution in [0.15, 0.2) is 0 Å². The minimum Gasteiger partial charge on any atom is -0.317 e. The Balaban J connectivity index is 1.61. The molecule has 19 heavy (non-hydrogen) atoms. The van der Waals surface area contributed by atoms with Crippen LogP contribution in [0.4, 0.5) is 0 Å². The summed E-state index contributed by atoms with van der Waals surface area (Å²) >= 11 is 0. The summed E-state index contributed by atoms with van der Waals surface area (Å²) < 4.78 is 0. The first-order valence-electron chi connectivity index (χ1n) is 8.32. The Labute approximate surface area is 118 Å². The van der Waals surface area contributed by atoms with Crippen LogP contribution in [-0.2, 0) is 0 Å². The van der Waals surface area contributed by atoms with Crippen LogP contribution in [0.1, 0.15) is 45.4 Å². The number of rotatable bonds is 2. The molecule has 0 aliphatic carbocycles. The van der Waals surface area contributed by atoms with Crippen molar-refractivity contribution in [2.24, 2.45) is 5.92 Å². The summed E-state index contributed by atoms with van der Waals surface area (Å²) in [6, 6.07) is 3.35. The second-order valence-corrected chi connectivity index (χ2v) is 7.19. The van der Waals surface area contributed by atoms with Gasteiger partial charge in [0.25, 0.3) is 0 Å². The highest BCUT2D eigenvalue weighted by Crippen LogP contribution is 2.35. The van der Waals surface area contributed by atoms with Crippen molar-refractivity contribution in [1.82, 2.24) is 15.1 Å². The van der Waals surface area contributed by atoms with Gasteiger partial charge in [0.1, 0.15) is 0 Å². The van der Waals surface area contributed by atoms with Gasteiger partial charge in [0, 0.05) is 30.7 Å². The molecule has 4 atom stereocenters. The van der Waals surface area contributed by atoms with Crippen molar-refractivity contribution in [3.8, 4) is 0 Å². The number of likely N-dealkylation sites (tertiary alicyclic amines) is 1. The van der Waals surface area contributed by atoms with Gasteiger partial charge in [-0.05, 0) is 58.7 Å². The molecule has 4 unspecified atom stereocenters. The first kappa shape index (κ1) is 13.8. The Hall–Kier alpha value is -0.120. The van der Waals surface area contributed by atoms with E-state index in [1.54, 1.807) is 0 Å². The van der Waals surface area contributed by atoms with E-state index in [-0.39, 0.29) is 0 Å². The molecule has 0 saturated carbocycles. The molecule has 1 N–H and O–H groups in total. The van der Waals surface area contributed by atoms with Crippen molar-refractivity contribution in [1.29, 1.82) is 0 Å². The number of piperidine rings is 3. The zero-order valence-electron chi connectivity index (χ0n) is 12.9. The molecule has 0 radical (unpaired) electrons. The number of hydrogen-bond donors (Lipinski definition) is 1. The van der Waals surface area contributed by atoms with Crippen molar-refractivity contribution in [2.45, 2.75) is 69.6 Å². The topological polar surface area (TPSA) is 18.5 Å². The van der Waals surface area contributed by atoms with Gasteiger partial charge in [0.2, 0.25) is 0 Å². The standard InChI is InChI=1S/C16H31N3/c1-12-11-19(8-7-16(12)17-2)15-9-13-5-4-6-14(10-15)18(13)3/h12-17H,4-11H2,1-3H3. The van der Waals surface area contributed by atoms with Crippen LogP contribution in [0.3, 0.4) is 0 Å². The molecule has 3 fully saturated rings. The van der Waals surface area contributed by atoms with Crippen molar-refractivity contribution in [2.75, 3.05) is 27.2 Å². The van der Waals surface area contributed by atoms with Gasteiger partial charge in [-0.25, -0.2) is 0 Å². The molecular formula is C16H31N3. The number of hydrogen-bond acceptors (Lipinski definition) is 3. The average Bonchev–Trinajstić information content (AvgIpc) is 2.38. The van der Waals surface area contributed by atoms with Gasteiger partial charge >= 0.3 is 0 Å². The second-order valence-electron chi connectivity index (χ2n) is 7.19. The highest BCUT2D eigenvalue weighted by Gasteiger charge is 2.39. The third-order valence-electron chi connectivity index (χ3n) is 6.14. The van der Waals surface area contributed by atoms with Gasteiger partial charge in [-0.2, -0.15) is 0 Å². The van der Waals surface area contributed by atoms with Crippen molar-refractivity contribution >= 4 is 0 Å². The van der Waals surface area contributed by atoms with E-state index >= 15 is 0 Å². The van der Waals surface area contributed by atoms with Crippen molar-refractivity contribution < 1.29 is 0 Å². The smallest absolute Gasteiger partial charge is 0.0125 e. The van der Waals surface area contributed by atoms with E-state index in [0.717, 1.165) is 30.1 Å². The average molecular weight is 265 g/mol. The van der Waals surface area contributed by atoms with E-state index in [0.29, 0.717) is 0 Å². The van der Waals surface area contributed by atoms with Gasteiger partial charge < -0.3 is 10.2 Å². The molecule has 3 heterocycles. The Morgan fingerprint density at radius 2 is 1.68 bits per heavy atom. The quantitative estimate of drug-likeness (QED) is 0.823. The highest BCUT2D eigenvalue weighted by atomic mass is 15.2. The minimum absolute atomic E-state index is 0.738. The van der Waals surface area contributed by atoms with E-state index in [1.165, 1.54) is 51.6 Å². The Morgan fingerprint density at radius 1 is 1.00 bits per heavy atom. The van der Waals surface area contributed by atoms with E-state index in [4.69, 9.17) is 0 Å². The first-order chi connectivity index (χ1) is 9.19. The molecule has 2 bridgehead atoms. The molecule has 3 nitrogen and oxygen atoms in total. The molecule has 3 aliphatic rings. The van der Waals surface area contributed by atoms with Crippen molar-refractivity contribution in [3.63, 3.8) is 0 Å². The maximum atomic E-state index is 3.49. The Bertz CT molecular complexity index is 292. The number of fused-ring (bicyclic) bond motifs is 2. The molecular weight excluding hydrogens is 234 g/mol. The first-order valence-corrected chi connectivity index (χ1v) is 8.32. The van der Waals surface area contributed by atoms with Gasteiger partial charge in [0.15, 0.2) is 0 Å². The maximum absolute atomic E-state index is 3.49. The van der Waals surface area contributed by atoms with Crippen LogP contribution >= 0.6 is 0 Å². The van der Waals surface area contributed by atoms with Crippen LogP contribution < -0.4 is 5.32 Å². The van der Waals surface area contributed by atoms with Crippen LogP contribution in [0.25, 0.3) is 0 Å². The summed E-state index contributed by atoms with van der Waals surface area (Å²) in [6.07, 6.45) is 8.51. The maximum Gasteiger partial charge on any atom is 0.0125 e. The van der Waals surface area contributed by atoms with Crippen LogP contribution in [0.5, 0.6) is 0 Å². The molecule has 3 rings (SSSR count). The summed E-state index contributed by atoms with van der Waals surface area (Å²) in [4.78, 5) is 5.50. The van der Waals surface area contributed by atoms with E-state index in [1.807, 2.05) is 0 Å². The van der Waals surface area contributed by atoms with Gasteiger partial charge in [0.05, 0.1) is 0 Å². The summed E-state index contributed by atoms with van der Waals surface area (Å²) in [5.74, 6) is 0.804. The van der Waals surface area contributed by atoms with E-state index in [9.17, 15) is 0 Å². The van der Waals surface area contributed by atoms with Gasteiger partial charge in [-0.3, -0.25) is 4.90 Å². The lowest BCUT2D eigenvalue weighted by molar-refractivity contribution is -0.00686. The third kappa shape index (κ3) is 2.70. The fraction of sp³-hybridized carbons (Fsp3) is 1.00. The lowest BCUT2D eigenvalue weighted by Gasteiger charge is -2.51. The number of nitrogens with zero attached hydrogens (tertiary/aromatic N) is 2. The monoisotopic (exact) mass is 265 g/mol. The molecule has 0 aromatic rings. The van der Waals surface area contributed by atoms with Crippen LogP contribution in [-0.4, -0.2) is 61.2 Å². The molecule has 3 saturated heterocycles. The van der Waals surface area contributed by atoms with Crippen molar-refractivity contribution in [3.05, 3.63) is 0 Å². The minimum atomic E-state index is 0.738. The SMILES string of the molecule is CNC1CCN(C2CC3CCCC(C2)N3C)CC1C. The Morgan fingerprint density at radius 3 is 2.26 bits per heavy atom. The summed E-state index contributed by atoms with van der Waals surface area (Å²) in [5, 5.41) is 3.49. The number of nitrogens with one attached hydrogen (secondary N) is 1. The predicted molar refractivity (Wildman–Crippen MR) is 80.4 cm³/mol. The van der Waals surface area contributed by atoms with Gasteiger partial charge in [-0.15, -0.1) is 0 Å². The highest BCUT2D eigenvalue weighted by molar-refractivity contribution is 4.96. The fourth-order valence-electron chi connectivity index (χ4n) is 4.82. The summed E-state index contributed by atoms with van der Waals surface area (Å²) in [6.45, 7) is 5.03. The fourth-order valence-corrected chi connectivity index (χ4v) is 4.82. The molecule has 3 heteroatoms.